The zero-order valence-corrected chi connectivity index (χ0v) is 11.7. The molecule has 0 saturated heterocycles. The Bertz CT molecular complexity index is 605. The second-order valence-corrected chi connectivity index (χ2v) is 4.86. The molecule has 0 heterocycles. The van der Waals surface area contributed by atoms with Crippen LogP contribution in [-0.2, 0) is 13.0 Å². The van der Waals surface area contributed by atoms with Gasteiger partial charge in [0.2, 0.25) is 0 Å². The van der Waals surface area contributed by atoms with Crippen LogP contribution < -0.4 is 4.74 Å². The van der Waals surface area contributed by atoms with Gasteiger partial charge in [-0.05, 0) is 29.8 Å². The summed E-state index contributed by atoms with van der Waals surface area (Å²) in [5.74, 6) is 0.439. The summed E-state index contributed by atoms with van der Waals surface area (Å²) in [5, 5.41) is 8.58. The van der Waals surface area contributed by atoms with E-state index >= 15 is 0 Å². The van der Waals surface area contributed by atoms with Crippen molar-refractivity contribution in [3.8, 4) is 11.8 Å². The molecule has 2 aromatic rings. The molecule has 4 heteroatoms. The van der Waals surface area contributed by atoms with Gasteiger partial charge in [0, 0.05) is 10.0 Å². The molecule has 0 aliphatic carbocycles. The fourth-order valence-corrected chi connectivity index (χ4v) is 2.06. The Kier molecular flexibility index (Phi) is 4.53. The average molecular weight is 320 g/mol. The summed E-state index contributed by atoms with van der Waals surface area (Å²) in [6.07, 6.45) is 0.393. The zero-order chi connectivity index (χ0) is 13.7. The van der Waals surface area contributed by atoms with Gasteiger partial charge in [-0.15, -0.1) is 0 Å². The van der Waals surface area contributed by atoms with Crippen LogP contribution in [0.4, 0.5) is 4.39 Å². The molecule has 0 aliphatic heterocycles. The molecule has 0 atom stereocenters. The number of hydrogen-bond acceptors (Lipinski definition) is 2. The molecule has 0 saturated carbocycles. The van der Waals surface area contributed by atoms with Gasteiger partial charge in [0.15, 0.2) is 0 Å². The fourth-order valence-electron chi connectivity index (χ4n) is 1.59. The van der Waals surface area contributed by atoms with E-state index in [1.165, 1.54) is 12.1 Å². The van der Waals surface area contributed by atoms with Gasteiger partial charge in [0.05, 0.1) is 12.5 Å². The fraction of sp³-hybridized carbons (Fsp3) is 0.133. The normalized spacial score (nSPS) is 9.95. The highest BCUT2D eigenvalue weighted by molar-refractivity contribution is 9.10. The first-order valence-electron chi connectivity index (χ1n) is 5.71. The third-order valence-corrected chi connectivity index (χ3v) is 3.35. The summed E-state index contributed by atoms with van der Waals surface area (Å²) >= 11 is 3.30. The van der Waals surface area contributed by atoms with Crippen LogP contribution in [0.15, 0.2) is 46.9 Å². The molecular weight excluding hydrogens is 309 g/mol. The lowest BCUT2D eigenvalue weighted by atomic mass is 10.2. The van der Waals surface area contributed by atoms with E-state index in [1.54, 1.807) is 6.07 Å². The molecule has 0 bridgehead atoms. The highest BCUT2D eigenvalue weighted by Crippen LogP contribution is 2.20. The van der Waals surface area contributed by atoms with Crippen LogP contribution in [0.3, 0.4) is 0 Å². The Balaban J connectivity index is 2.00. The molecule has 0 N–H and O–H groups in total. The molecular formula is C15H11BrFNO. The van der Waals surface area contributed by atoms with E-state index in [9.17, 15) is 4.39 Å². The van der Waals surface area contributed by atoms with Gasteiger partial charge in [-0.25, -0.2) is 4.39 Å². The number of rotatable bonds is 4. The number of hydrogen-bond donors (Lipinski definition) is 0. The Labute approximate surface area is 119 Å². The summed E-state index contributed by atoms with van der Waals surface area (Å²) < 4.78 is 19.2. The maximum Gasteiger partial charge on any atom is 0.124 e. The minimum atomic E-state index is -0.281. The Morgan fingerprint density at radius 3 is 2.53 bits per heavy atom. The summed E-state index contributed by atoms with van der Waals surface area (Å²) in [6.45, 7) is 0.360. The van der Waals surface area contributed by atoms with Crippen molar-refractivity contribution in [2.24, 2.45) is 0 Å². The van der Waals surface area contributed by atoms with E-state index in [1.807, 2.05) is 24.3 Å². The first-order valence-corrected chi connectivity index (χ1v) is 6.51. The number of halogens is 2. The third kappa shape index (κ3) is 3.80. The highest BCUT2D eigenvalue weighted by atomic mass is 79.9. The van der Waals surface area contributed by atoms with Gasteiger partial charge in [0.1, 0.15) is 18.2 Å². The van der Waals surface area contributed by atoms with Gasteiger partial charge >= 0.3 is 0 Å². The zero-order valence-electron chi connectivity index (χ0n) is 10.1. The molecule has 0 aliphatic rings. The van der Waals surface area contributed by atoms with Gasteiger partial charge in [-0.3, -0.25) is 0 Å². The van der Waals surface area contributed by atoms with E-state index < -0.39 is 0 Å². The van der Waals surface area contributed by atoms with Crippen molar-refractivity contribution in [1.82, 2.24) is 0 Å². The molecule has 0 spiro atoms. The lowest BCUT2D eigenvalue weighted by Gasteiger charge is -2.08. The second-order valence-electron chi connectivity index (χ2n) is 4.00. The number of nitriles is 1. The molecule has 0 fully saturated rings. The Morgan fingerprint density at radius 2 is 1.89 bits per heavy atom. The van der Waals surface area contributed by atoms with E-state index in [2.05, 4.69) is 22.0 Å². The van der Waals surface area contributed by atoms with Gasteiger partial charge in [0.25, 0.3) is 0 Å². The van der Waals surface area contributed by atoms with E-state index in [-0.39, 0.29) is 5.82 Å². The quantitative estimate of drug-likeness (QED) is 0.844. The van der Waals surface area contributed by atoms with Gasteiger partial charge < -0.3 is 4.74 Å². The first kappa shape index (κ1) is 13.6. The van der Waals surface area contributed by atoms with Crippen LogP contribution in [0, 0.1) is 17.1 Å². The lowest BCUT2D eigenvalue weighted by Crippen LogP contribution is -1.97. The minimum absolute atomic E-state index is 0.281. The molecule has 2 nitrogen and oxygen atoms in total. The average Bonchev–Trinajstić information content (AvgIpc) is 2.40. The van der Waals surface area contributed by atoms with Crippen molar-refractivity contribution in [3.05, 3.63) is 63.9 Å². The highest BCUT2D eigenvalue weighted by Gasteiger charge is 2.03. The topological polar surface area (TPSA) is 33.0 Å². The van der Waals surface area contributed by atoms with E-state index in [0.717, 1.165) is 16.9 Å². The van der Waals surface area contributed by atoms with Crippen molar-refractivity contribution >= 4 is 15.9 Å². The maximum absolute atomic E-state index is 12.9. The first-order chi connectivity index (χ1) is 9.19. The second kappa shape index (κ2) is 6.35. The molecule has 0 unspecified atom stereocenters. The molecule has 19 heavy (non-hydrogen) atoms. The minimum Gasteiger partial charge on any atom is -0.489 e. The van der Waals surface area contributed by atoms with Crippen LogP contribution in [-0.4, -0.2) is 0 Å². The van der Waals surface area contributed by atoms with Crippen molar-refractivity contribution < 1.29 is 9.13 Å². The largest absolute Gasteiger partial charge is 0.489 e. The predicted molar refractivity (Wildman–Crippen MR) is 74.2 cm³/mol. The Hall–Kier alpha value is -1.86. The number of benzene rings is 2. The van der Waals surface area contributed by atoms with Crippen LogP contribution in [0.1, 0.15) is 11.1 Å². The smallest absolute Gasteiger partial charge is 0.124 e. The predicted octanol–water partition coefficient (Wildman–Crippen LogP) is 4.23. The molecule has 0 aromatic heterocycles. The number of ether oxygens (including phenoxy) is 1. The molecule has 2 rings (SSSR count). The molecule has 2 aromatic carbocycles. The van der Waals surface area contributed by atoms with E-state index in [0.29, 0.717) is 17.5 Å². The molecule has 96 valence electrons. The van der Waals surface area contributed by atoms with Crippen molar-refractivity contribution in [2.45, 2.75) is 13.0 Å². The summed E-state index contributed by atoms with van der Waals surface area (Å²) in [7, 11) is 0. The third-order valence-electron chi connectivity index (χ3n) is 2.62. The summed E-state index contributed by atoms with van der Waals surface area (Å²) in [5.41, 5.74) is 1.83. The van der Waals surface area contributed by atoms with E-state index in [4.69, 9.17) is 10.00 Å². The monoisotopic (exact) mass is 319 g/mol. The number of nitrogens with zero attached hydrogens (tertiary/aromatic N) is 1. The SMILES string of the molecule is N#CCc1ccc(OCc2ccc(F)cc2Br)cc1. The van der Waals surface area contributed by atoms with Crippen LogP contribution in [0.2, 0.25) is 0 Å². The standard InChI is InChI=1S/C15H11BrFNO/c16-15-9-13(17)4-3-12(15)10-19-14-5-1-11(2-6-14)7-8-18/h1-6,9H,7,10H2. The Morgan fingerprint density at radius 1 is 1.16 bits per heavy atom. The van der Waals surface area contributed by atoms with Crippen LogP contribution in [0.5, 0.6) is 5.75 Å². The van der Waals surface area contributed by atoms with Gasteiger partial charge in [-0.1, -0.05) is 34.1 Å². The van der Waals surface area contributed by atoms with Crippen LogP contribution in [0.25, 0.3) is 0 Å². The van der Waals surface area contributed by atoms with Gasteiger partial charge in [-0.2, -0.15) is 5.26 Å². The van der Waals surface area contributed by atoms with Crippen molar-refractivity contribution in [1.29, 1.82) is 5.26 Å². The van der Waals surface area contributed by atoms with Crippen molar-refractivity contribution in [3.63, 3.8) is 0 Å². The lowest BCUT2D eigenvalue weighted by molar-refractivity contribution is 0.305. The molecule has 0 amide bonds. The van der Waals surface area contributed by atoms with Crippen LogP contribution >= 0.6 is 15.9 Å². The maximum atomic E-state index is 12.9. The summed E-state index contributed by atoms with van der Waals surface area (Å²) in [4.78, 5) is 0. The van der Waals surface area contributed by atoms with Crippen molar-refractivity contribution in [2.75, 3.05) is 0 Å². The summed E-state index contributed by atoms with van der Waals surface area (Å²) in [6, 6.07) is 14.0. The molecule has 0 radical (unpaired) electrons.